The average Bonchev–Trinajstić information content (AvgIpc) is 2.85. The molecule has 0 amide bonds. The molecule has 2 N–H and O–H groups in total. The van der Waals surface area contributed by atoms with Crippen LogP contribution in [0.3, 0.4) is 0 Å². The van der Waals surface area contributed by atoms with Gasteiger partial charge in [0.25, 0.3) is 0 Å². The molecule has 1 aliphatic rings. The van der Waals surface area contributed by atoms with Crippen LogP contribution in [0.25, 0.3) is 0 Å². The Morgan fingerprint density at radius 1 is 1.26 bits per heavy atom. The van der Waals surface area contributed by atoms with Crippen molar-refractivity contribution in [1.29, 1.82) is 0 Å². The first-order chi connectivity index (χ1) is 9.31. The molecule has 0 aliphatic heterocycles. The number of nitrogen functional groups attached to an aromatic ring is 1. The molecule has 1 unspecified atom stereocenters. The van der Waals surface area contributed by atoms with Crippen LogP contribution in [-0.2, 0) is 12.8 Å². The first-order valence-corrected chi connectivity index (χ1v) is 6.84. The second kappa shape index (κ2) is 4.96. The van der Waals surface area contributed by atoms with E-state index < -0.39 is 0 Å². The van der Waals surface area contributed by atoms with Crippen LogP contribution in [0, 0.1) is 0 Å². The van der Waals surface area contributed by atoms with E-state index in [1.807, 2.05) is 12.3 Å². The third-order valence-corrected chi connectivity index (χ3v) is 3.80. The fourth-order valence-electron chi connectivity index (χ4n) is 2.93. The minimum Gasteiger partial charge on any atom is -0.383 e. The van der Waals surface area contributed by atoms with Crippen LogP contribution in [0.15, 0.2) is 24.7 Å². The molecular formula is C15H18N4. The van der Waals surface area contributed by atoms with Crippen molar-refractivity contribution < 1.29 is 0 Å². The summed E-state index contributed by atoms with van der Waals surface area (Å²) in [5.74, 6) is 0.902. The zero-order chi connectivity index (χ0) is 13.2. The molecule has 19 heavy (non-hydrogen) atoms. The number of hydrogen-bond acceptors (Lipinski definition) is 4. The van der Waals surface area contributed by atoms with E-state index in [4.69, 9.17) is 5.73 Å². The van der Waals surface area contributed by atoms with Gasteiger partial charge in [-0.05, 0) is 30.9 Å². The molecule has 4 heteroatoms. The number of anilines is 1. The highest BCUT2D eigenvalue weighted by molar-refractivity contribution is 5.46. The summed E-state index contributed by atoms with van der Waals surface area (Å²) in [6.45, 7) is 2.15. The van der Waals surface area contributed by atoms with Gasteiger partial charge in [-0.3, -0.25) is 4.98 Å². The van der Waals surface area contributed by atoms with Gasteiger partial charge in [0.2, 0.25) is 0 Å². The summed E-state index contributed by atoms with van der Waals surface area (Å²) >= 11 is 0. The molecule has 0 bridgehead atoms. The SMILES string of the molecule is CCCc1c(N)ncnc1C1CCc2cccnc21. The molecule has 0 fully saturated rings. The highest BCUT2D eigenvalue weighted by Gasteiger charge is 2.28. The van der Waals surface area contributed by atoms with Crippen molar-refractivity contribution in [2.24, 2.45) is 0 Å². The Bertz CT molecular complexity index is 594. The van der Waals surface area contributed by atoms with Gasteiger partial charge in [-0.25, -0.2) is 9.97 Å². The monoisotopic (exact) mass is 254 g/mol. The van der Waals surface area contributed by atoms with Crippen LogP contribution in [-0.4, -0.2) is 15.0 Å². The molecule has 4 nitrogen and oxygen atoms in total. The van der Waals surface area contributed by atoms with Gasteiger partial charge < -0.3 is 5.73 Å². The number of aromatic nitrogens is 3. The summed E-state index contributed by atoms with van der Waals surface area (Å²) in [6.07, 6.45) is 7.56. The van der Waals surface area contributed by atoms with Crippen molar-refractivity contribution in [3.05, 3.63) is 47.2 Å². The summed E-state index contributed by atoms with van der Waals surface area (Å²) in [4.78, 5) is 13.2. The van der Waals surface area contributed by atoms with Crippen LogP contribution < -0.4 is 5.73 Å². The van der Waals surface area contributed by atoms with Gasteiger partial charge in [0.05, 0.1) is 11.4 Å². The zero-order valence-corrected chi connectivity index (χ0v) is 11.1. The Labute approximate surface area is 113 Å². The lowest BCUT2D eigenvalue weighted by atomic mass is 9.95. The van der Waals surface area contributed by atoms with Crippen molar-refractivity contribution >= 4 is 5.82 Å². The lowest BCUT2D eigenvalue weighted by molar-refractivity contribution is 0.721. The van der Waals surface area contributed by atoms with Gasteiger partial charge in [-0.15, -0.1) is 0 Å². The van der Waals surface area contributed by atoms with Crippen molar-refractivity contribution in [3.8, 4) is 0 Å². The lowest BCUT2D eigenvalue weighted by Gasteiger charge is -2.15. The lowest BCUT2D eigenvalue weighted by Crippen LogP contribution is -2.10. The van der Waals surface area contributed by atoms with Crippen LogP contribution in [0.4, 0.5) is 5.82 Å². The molecule has 2 heterocycles. The first-order valence-electron chi connectivity index (χ1n) is 6.84. The fraction of sp³-hybridized carbons (Fsp3) is 0.400. The summed E-state index contributed by atoms with van der Waals surface area (Å²) in [7, 11) is 0. The molecule has 0 radical (unpaired) electrons. The number of nitrogens with zero attached hydrogens (tertiary/aromatic N) is 3. The standard InChI is InChI=1S/C15H18N4/c1-2-4-12-14(18-9-19-15(12)16)11-7-6-10-5-3-8-17-13(10)11/h3,5,8-9,11H,2,4,6-7H2,1H3,(H2,16,18,19). The summed E-state index contributed by atoms with van der Waals surface area (Å²) in [5, 5.41) is 0. The predicted octanol–water partition coefficient (Wildman–Crippen LogP) is 2.48. The number of aryl methyl sites for hydroxylation is 1. The molecule has 98 valence electrons. The van der Waals surface area contributed by atoms with Gasteiger partial charge in [0.1, 0.15) is 12.1 Å². The maximum Gasteiger partial charge on any atom is 0.130 e. The highest BCUT2D eigenvalue weighted by Crippen LogP contribution is 2.37. The second-order valence-electron chi connectivity index (χ2n) is 5.01. The van der Waals surface area contributed by atoms with Crippen molar-refractivity contribution in [1.82, 2.24) is 15.0 Å². The topological polar surface area (TPSA) is 64.7 Å². The van der Waals surface area contributed by atoms with Gasteiger partial charge in [0, 0.05) is 17.7 Å². The second-order valence-corrected chi connectivity index (χ2v) is 5.01. The van der Waals surface area contributed by atoms with E-state index in [-0.39, 0.29) is 5.92 Å². The third kappa shape index (κ3) is 2.07. The number of pyridine rings is 1. The van der Waals surface area contributed by atoms with Gasteiger partial charge in [-0.1, -0.05) is 19.4 Å². The van der Waals surface area contributed by atoms with Crippen LogP contribution in [0.1, 0.15) is 48.2 Å². The predicted molar refractivity (Wildman–Crippen MR) is 74.8 cm³/mol. The molecule has 0 saturated heterocycles. The minimum absolute atomic E-state index is 0.281. The van der Waals surface area contributed by atoms with Crippen molar-refractivity contribution in [2.45, 2.75) is 38.5 Å². The molecule has 0 aromatic carbocycles. The molecule has 0 spiro atoms. The molecule has 0 saturated carbocycles. The molecular weight excluding hydrogens is 236 g/mol. The summed E-state index contributed by atoms with van der Waals surface area (Å²) in [6, 6.07) is 4.16. The van der Waals surface area contributed by atoms with E-state index in [1.165, 1.54) is 5.56 Å². The van der Waals surface area contributed by atoms with Crippen molar-refractivity contribution in [2.75, 3.05) is 5.73 Å². The number of rotatable bonds is 3. The molecule has 1 atom stereocenters. The number of hydrogen-bond donors (Lipinski definition) is 1. The van der Waals surface area contributed by atoms with Crippen LogP contribution in [0.5, 0.6) is 0 Å². The van der Waals surface area contributed by atoms with Gasteiger partial charge >= 0.3 is 0 Å². The summed E-state index contributed by atoms with van der Waals surface area (Å²) in [5.41, 5.74) is 10.7. The Morgan fingerprint density at radius 2 is 2.16 bits per heavy atom. The maximum absolute atomic E-state index is 6.02. The van der Waals surface area contributed by atoms with Gasteiger partial charge in [0.15, 0.2) is 0 Å². The Balaban J connectivity index is 2.07. The fourth-order valence-corrected chi connectivity index (χ4v) is 2.93. The van der Waals surface area contributed by atoms with E-state index in [2.05, 4.69) is 27.9 Å². The number of nitrogens with two attached hydrogens (primary N) is 1. The van der Waals surface area contributed by atoms with Crippen LogP contribution >= 0.6 is 0 Å². The van der Waals surface area contributed by atoms with E-state index >= 15 is 0 Å². The maximum atomic E-state index is 6.02. The first kappa shape index (κ1) is 12.1. The molecule has 1 aliphatic carbocycles. The van der Waals surface area contributed by atoms with E-state index in [9.17, 15) is 0 Å². The average molecular weight is 254 g/mol. The zero-order valence-electron chi connectivity index (χ0n) is 11.1. The molecule has 2 aromatic rings. The normalized spacial score (nSPS) is 17.4. The third-order valence-electron chi connectivity index (χ3n) is 3.80. The van der Waals surface area contributed by atoms with E-state index in [0.29, 0.717) is 5.82 Å². The quantitative estimate of drug-likeness (QED) is 0.914. The highest BCUT2D eigenvalue weighted by atomic mass is 14.9. The minimum atomic E-state index is 0.281. The molecule has 2 aromatic heterocycles. The van der Waals surface area contributed by atoms with E-state index in [1.54, 1.807) is 6.33 Å². The Kier molecular flexibility index (Phi) is 3.15. The van der Waals surface area contributed by atoms with Gasteiger partial charge in [-0.2, -0.15) is 0 Å². The Hall–Kier alpha value is -1.97. The molecule has 3 rings (SSSR count). The van der Waals surface area contributed by atoms with E-state index in [0.717, 1.165) is 42.6 Å². The largest absolute Gasteiger partial charge is 0.383 e. The number of fused-ring (bicyclic) bond motifs is 1. The summed E-state index contributed by atoms with van der Waals surface area (Å²) < 4.78 is 0. The van der Waals surface area contributed by atoms with Crippen LogP contribution in [0.2, 0.25) is 0 Å². The Morgan fingerprint density at radius 3 is 3.00 bits per heavy atom. The van der Waals surface area contributed by atoms with Crippen molar-refractivity contribution in [3.63, 3.8) is 0 Å². The smallest absolute Gasteiger partial charge is 0.130 e.